The maximum atomic E-state index is 12.0. The van der Waals surface area contributed by atoms with E-state index in [-0.39, 0.29) is 23.6 Å². The lowest BCUT2D eigenvalue weighted by Gasteiger charge is -2.44. The molecule has 1 saturated heterocycles. The van der Waals surface area contributed by atoms with Gasteiger partial charge in [0.1, 0.15) is 5.70 Å². The molecule has 2 unspecified atom stereocenters. The van der Waals surface area contributed by atoms with Crippen molar-refractivity contribution in [2.75, 3.05) is 12.3 Å². The Morgan fingerprint density at radius 1 is 1.52 bits per heavy atom. The van der Waals surface area contributed by atoms with E-state index in [2.05, 4.69) is 5.32 Å². The van der Waals surface area contributed by atoms with Gasteiger partial charge in [-0.05, 0) is 6.92 Å². The van der Waals surface area contributed by atoms with Gasteiger partial charge >= 0.3 is 5.97 Å². The minimum Gasteiger partial charge on any atom is -0.477 e. The molecule has 21 heavy (non-hydrogen) atoms. The molecule has 2 aliphatic rings. The van der Waals surface area contributed by atoms with Gasteiger partial charge in [-0.25, -0.2) is 4.79 Å². The van der Waals surface area contributed by atoms with Crippen LogP contribution in [0.2, 0.25) is 0 Å². The summed E-state index contributed by atoms with van der Waals surface area (Å²) in [5.41, 5.74) is 0.0229. The van der Waals surface area contributed by atoms with Crippen molar-refractivity contribution in [3.63, 3.8) is 0 Å². The number of β-lactam (4-membered cyclic amide) rings is 1. The van der Waals surface area contributed by atoms with Crippen LogP contribution in [0.5, 0.6) is 0 Å². The summed E-state index contributed by atoms with van der Waals surface area (Å²) in [5, 5.41) is 21.5. The SMILES string of the molecule is CC(=O)NCCSC1=C(C(=O)O)N2C(=O)C([C@H](C)O)C2C1. The van der Waals surface area contributed by atoms with Gasteiger partial charge in [-0.2, -0.15) is 0 Å². The molecule has 0 aromatic heterocycles. The number of carboxylic acid groups (broad SMARTS) is 1. The molecule has 2 aliphatic heterocycles. The summed E-state index contributed by atoms with van der Waals surface area (Å²) in [4.78, 5) is 36.0. The van der Waals surface area contributed by atoms with Gasteiger partial charge in [0.15, 0.2) is 0 Å². The van der Waals surface area contributed by atoms with E-state index in [1.807, 2.05) is 0 Å². The number of thioether (sulfide) groups is 1. The van der Waals surface area contributed by atoms with Gasteiger partial charge in [0.05, 0.1) is 18.1 Å². The summed E-state index contributed by atoms with van der Waals surface area (Å²) in [6.45, 7) is 3.40. The number of carboxylic acids is 1. The number of nitrogens with zero attached hydrogens (tertiary/aromatic N) is 1. The van der Waals surface area contributed by atoms with E-state index in [4.69, 9.17) is 0 Å². The minimum atomic E-state index is -1.13. The summed E-state index contributed by atoms with van der Waals surface area (Å²) < 4.78 is 0. The second kappa shape index (κ2) is 6.07. The highest BCUT2D eigenvalue weighted by Crippen LogP contribution is 2.46. The first-order valence-corrected chi connectivity index (χ1v) is 7.68. The molecule has 2 heterocycles. The van der Waals surface area contributed by atoms with Crippen LogP contribution in [0.3, 0.4) is 0 Å². The first kappa shape index (κ1) is 15.8. The zero-order chi connectivity index (χ0) is 15.7. The summed E-state index contributed by atoms with van der Waals surface area (Å²) in [5.74, 6) is -1.57. The molecule has 7 nitrogen and oxygen atoms in total. The van der Waals surface area contributed by atoms with Crippen LogP contribution < -0.4 is 5.32 Å². The summed E-state index contributed by atoms with van der Waals surface area (Å²) in [6.07, 6.45) is -0.328. The summed E-state index contributed by atoms with van der Waals surface area (Å²) in [6, 6.07) is -0.258. The van der Waals surface area contributed by atoms with Gasteiger partial charge in [-0.15, -0.1) is 11.8 Å². The zero-order valence-corrected chi connectivity index (χ0v) is 12.6. The van der Waals surface area contributed by atoms with Crippen molar-refractivity contribution in [3.8, 4) is 0 Å². The highest BCUT2D eigenvalue weighted by molar-refractivity contribution is 8.03. The molecule has 0 radical (unpaired) electrons. The Bertz CT molecular complexity index is 517. The van der Waals surface area contributed by atoms with Crippen molar-refractivity contribution in [2.24, 2.45) is 5.92 Å². The third kappa shape index (κ3) is 2.91. The monoisotopic (exact) mass is 314 g/mol. The number of aliphatic carboxylic acids is 1. The Hall–Kier alpha value is -1.54. The van der Waals surface area contributed by atoms with Crippen molar-refractivity contribution < 1.29 is 24.6 Å². The number of fused-ring (bicyclic) bond motifs is 1. The first-order valence-electron chi connectivity index (χ1n) is 6.69. The van der Waals surface area contributed by atoms with Gasteiger partial charge < -0.3 is 20.4 Å². The Labute approximate surface area is 126 Å². The van der Waals surface area contributed by atoms with Crippen LogP contribution in [0.1, 0.15) is 20.3 Å². The number of carbonyl (C=O) groups is 3. The van der Waals surface area contributed by atoms with E-state index >= 15 is 0 Å². The molecular weight excluding hydrogens is 296 g/mol. The van der Waals surface area contributed by atoms with E-state index < -0.39 is 18.0 Å². The normalized spacial score (nSPS) is 25.5. The number of aliphatic hydroxyl groups excluding tert-OH is 1. The van der Waals surface area contributed by atoms with Gasteiger partial charge in [-0.1, -0.05) is 0 Å². The van der Waals surface area contributed by atoms with Crippen molar-refractivity contribution in [1.29, 1.82) is 0 Å². The van der Waals surface area contributed by atoms with Crippen LogP contribution in [0.15, 0.2) is 10.6 Å². The van der Waals surface area contributed by atoms with E-state index in [1.54, 1.807) is 6.92 Å². The molecule has 8 heteroatoms. The van der Waals surface area contributed by atoms with Crippen LogP contribution in [0, 0.1) is 5.92 Å². The molecule has 1 fully saturated rings. The molecule has 0 aliphatic carbocycles. The largest absolute Gasteiger partial charge is 0.477 e. The van der Waals surface area contributed by atoms with Gasteiger partial charge in [0, 0.05) is 30.5 Å². The number of carbonyl (C=O) groups excluding carboxylic acids is 2. The standard InChI is InChI=1S/C13H18N2O5S/c1-6(16)10-8-5-9(21-4-3-14-7(2)17)11(13(19)20)15(8)12(10)18/h6,8,10,16H,3-5H2,1-2H3,(H,14,17)(H,19,20)/t6-,8?,10?/m0/s1. The fourth-order valence-corrected chi connectivity index (χ4v) is 3.82. The number of aliphatic hydroxyl groups is 1. The maximum absolute atomic E-state index is 12.0. The minimum absolute atomic E-state index is 0.0229. The van der Waals surface area contributed by atoms with Crippen LogP contribution in [0.25, 0.3) is 0 Å². The summed E-state index contributed by atoms with van der Waals surface area (Å²) in [7, 11) is 0. The molecule has 0 aromatic carbocycles. The Balaban J connectivity index is 2.04. The number of hydrogen-bond donors (Lipinski definition) is 3. The van der Waals surface area contributed by atoms with Crippen LogP contribution in [-0.2, 0) is 14.4 Å². The van der Waals surface area contributed by atoms with Crippen molar-refractivity contribution >= 4 is 29.5 Å². The first-order chi connectivity index (χ1) is 9.84. The predicted molar refractivity (Wildman–Crippen MR) is 76.2 cm³/mol. The number of nitrogens with one attached hydrogen (secondary N) is 1. The zero-order valence-electron chi connectivity index (χ0n) is 11.8. The lowest BCUT2D eigenvalue weighted by atomic mass is 9.83. The number of amides is 2. The van der Waals surface area contributed by atoms with Crippen LogP contribution in [0.4, 0.5) is 0 Å². The van der Waals surface area contributed by atoms with Crippen LogP contribution >= 0.6 is 11.8 Å². The molecular formula is C13H18N2O5S. The fraction of sp³-hybridized carbons (Fsp3) is 0.615. The molecule has 2 amide bonds. The predicted octanol–water partition coefficient (Wildman–Crippen LogP) is -0.237. The second-order valence-electron chi connectivity index (χ2n) is 5.15. The lowest BCUT2D eigenvalue weighted by molar-refractivity contribution is -0.161. The fourth-order valence-electron chi connectivity index (χ4n) is 2.76. The van der Waals surface area contributed by atoms with Crippen molar-refractivity contribution in [1.82, 2.24) is 10.2 Å². The third-order valence-electron chi connectivity index (χ3n) is 3.64. The average molecular weight is 314 g/mol. The van der Waals surface area contributed by atoms with Crippen molar-refractivity contribution in [2.45, 2.75) is 32.4 Å². The maximum Gasteiger partial charge on any atom is 0.353 e. The van der Waals surface area contributed by atoms with E-state index in [0.29, 0.717) is 23.6 Å². The van der Waals surface area contributed by atoms with Gasteiger partial charge in [-0.3, -0.25) is 9.59 Å². The molecule has 0 spiro atoms. The van der Waals surface area contributed by atoms with Gasteiger partial charge in [0.2, 0.25) is 11.8 Å². The Morgan fingerprint density at radius 3 is 2.71 bits per heavy atom. The average Bonchev–Trinajstić information content (AvgIpc) is 2.68. The molecule has 0 saturated carbocycles. The molecule has 116 valence electrons. The molecule has 3 N–H and O–H groups in total. The lowest BCUT2D eigenvalue weighted by Crippen LogP contribution is -2.61. The molecule has 0 bridgehead atoms. The number of rotatable bonds is 6. The molecule has 3 atom stereocenters. The Morgan fingerprint density at radius 2 is 2.19 bits per heavy atom. The van der Waals surface area contributed by atoms with E-state index in [0.717, 1.165) is 0 Å². The molecule has 0 aromatic rings. The highest BCUT2D eigenvalue weighted by atomic mass is 32.2. The van der Waals surface area contributed by atoms with Crippen LogP contribution in [-0.4, -0.2) is 57.3 Å². The van der Waals surface area contributed by atoms with Gasteiger partial charge in [0.25, 0.3) is 0 Å². The smallest absolute Gasteiger partial charge is 0.353 e. The number of hydrogen-bond acceptors (Lipinski definition) is 5. The van der Waals surface area contributed by atoms with E-state index in [9.17, 15) is 24.6 Å². The molecule has 2 rings (SSSR count). The topological polar surface area (TPSA) is 107 Å². The summed E-state index contributed by atoms with van der Waals surface area (Å²) >= 11 is 1.33. The third-order valence-corrected chi connectivity index (χ3v) is 4.76. The van der Waals surface area contributed by atoms with E-state index in [1.165, 1.54) is 23.6 Å². The van der Waals surface area contributed by atoms with Crippen molar-refractivity contribution in [3.05, 3.63) is 10.6 Å². The Kier molecular flexibility index (Phi) is 4.58. The quantitative estimate of drug-likeness (QED) is 0.461. The second-order valence-corrected chi connectivity index (χ2v) is 6.34. The highest BCUT2D eigenvalue weighted by Gasteiger charge is 2.56.